The van der Waals surface area contributed by atoms with Crippen LogP contribution in [0, 0.1) is 10.1 Å². The molecular weight excluding hydrogens is 454 g/mol. The molecule has 1 atom stereocenters. The highest BCUT2D eigenvalue weighted by molar-refractivity contribution is 5.88. The molecule has 10 nitrogen and oxygen atoms in total. The number of methoxy groups -OCH3 is 2. The van der Waals surface area contributed by atoms with E-state index >= 15 is 0 Å². The van der Waals surface area contributed by atoms with Crippen molar-refractivity contribution in [2.45, 2.75) is 45.7 Å². The minimum Gasteiger partial charge on any atom is -0.497 e. The van der Waals surface area contributed by atoms with Crippen LogP contribution in [0.3, 0.4) is 0 Å². The van der Waals surface area contributed by atoms with E-state index in [0.29, 0.717) is 18.7 Å². The zero-order chi connectivity index (χ0) is 25.8. The molecule has 190 valence electrons. The molecule has 2 aromatic carbocycles. The van der Waals surface area contributed by atoms with Gasteiger partial charge in [-0.05, 0) is 36.6 Å². The zero-order valence-corrected chi connectivity index (χ0v) is 20.6. The summed E-state index contributed by atoms with van der Waals surface area (Å²) in [6.07, 6.45) is 2.20. The van der Waals surface area contributed by atoms with Gasteiger partial charge in [0.1, 0.15) is 17.5 Å². The van der Waals surface area contributed by atoms with Crippen molar-refractivity contribution in [1.29, 1.82) is 0 Å². The second-order valence-electron chi connectivity index (χ2n) is 7.82. The first kappa shape index (κ1) is 27.4. The van der Waals surface area contributed by atoms with Crippen LogP contribution in [0.4, 0.5) is 5.69 Å². The number of hydrogen-bond acceptors (Lipinski definition) is 7. The predicted molar refractivity (Wildman–Crippen MR) is 131 cm³/mol. The molecule has 10 heteroatoms. The van der Waals surface area contributed by atoms with E-state index in [4.69, 9.17) is 14.2 Å². The second-order valence-corrected chi connectivity index (χ2v) is 7.82. The SMILES string of the molecule is CCCCNC(=O)[C@@H](CC)N(Cc1cccc(OC)c1)C(=O)COc1ccc([N+](=O)[O-])c(OC)c1. The summed E-state index contributed by atoms with van der Waals surface area (Å²) in [7, 11) is 2.88. The van der Waals surface area contributed by atoms with E-state index in [0.717, 1.165) is 18.4 Å². The average Bonchev–Trinajstić information content (AvgIpc) is 2.87. The number of unbranched alkanes of at least 4 members (excludes halogenated alkanes) is 1. The van der Waals surface area contributed by atoms with Gasteiger partial charge in [0.05, 0.1) is 19.1 Å². The molecule has 0 aliphatic rings. The van der Waals surface area contributed by atoms with E-state index in [9.17, 15) is 19.7 Å². The Hall–Kier alpha value is -3.82. The summed E-state index contributed by atoms with van der Waals surface area (Å²) < 4.78 is 16.0. The van der Waals surface area contributed by atoms with Gasteiger partial charge >= 0.3 is 5.69 Å². The first-order chi connectivity index (χ1) is 16.8. The highest BCUT2D eigenvalue weighted by Gasteiger charge is 2.29. The average molecular weight is 488 g/mol. The number of nitrogens with one attached hydrogen (secondary N) is 1. The maximum absolute atomic E-state index is 13.3. The molecule has 0 aliphatic carbocycles. The van der Waals surface area contributed by atoms with Crippen LogP contribution < -0.4 is 19.5 Å². The molecule has 2 amide bonds. The first-order valence-electron chi connectivity index (χ1n) is 11.5. The topological polar surface area (TPSA) is 120 Å². The number of nitrogens with zero attached hydrogens (tertiary/aromatic N) is 2. The van der Waals surface area contributed by atoms with Crippen molar-refractivity contribution in [2.75, 3.05) is 27.4 Å². The largest absolute Gasteiger partial charge is 0.497 e. The summed E-state index contributed by atoms with van der Waals surface area (Å²) in [5, 5.41) is 14.0. The molecule has 0 radical (unpaired) electrons. The number of carbonyl (C=O) groups excluding carboxylic acids is 2. The van der Waals surface area contributed by atoms with Crippen molar-refractivity contribution in [2.24, 2.45) is 0 Å². The van der Waals surface area contributed by atoms with Crippen LogP contribution in [-0.4, -0.2) is 55.1 Å². The van der Waals surface area contributed by atoms with Crippen LogP contribution in [0.1, 0.15) is 38.7 Å². The number of nitro groups is 1. The molecule has 0 unspecified atom stereocenters. The van der Waals surface area contributed by atoms with Gasteiger partial charge in [-0.25, -0.2) is 0 Å². The number of benzene rings is 2. The lowest BCUT2D eigenvalue weighted by Gasteiger charge is -2.30. The van der Waals surface area contributed by atoms with Crippen molar-refractivity contribution < 1.29 is 28.7 Å². The monoisotopic (exact) mass is 487 g/mol. The Morgan fingerprint density at radius 2 is 1.86 bits per heavy atom. The summed E-state index contributed by atoms with van der Waals surface area (Å²) in [6, 6.07) is 10.6. The summed E-state index contributed by atoms with van der Waals surface area (Å²) in [6.45, 7) is 4.24. The summed E-state index contributed by atoms with van der Waals surface area (Å²) in [5.41, 5.74) is 0.593. The fraction of sp³-hybridized carbons (Fsp3) is 0.440. The lowest BCUT2D eigenvalue weighted by molar-refractivity contribution is -0.385. The Balaban J connectivity index is 2.24. The Bertz CT molecular complexity index is 1010. The van der Waals surface area contributed by atoms with Crippen molar-refractivity contribution in [3.8, 4) is 17.2 Å². The third kappa shape index (κ3) is 7.87. The number of hydrogen-bond donors (Lipinski definition) is 1. The van der Waals surface area contributed by atoms with E-state index in [1.54, 1.807) is 13.2 Å². The van der Waals surface area contributed by atoms with Gasteiger partial charge in [-0.2, -0.15) is 0 Å². The van der Waals surface area contributed by atoms with Gasteiger partial charge in [0.15, 0.2) is 6.61 Å². The molecule has 0 aliphatic heterocycles. The quantitative estimate of drug-likeness (QED) is 0.245. The molecular formula is C25H33N3O7. The predicted octanol–water partition coefficient (Wildman–Crippen LogP) is 3.71. The summed E-state index contributed by atoms with van der Waals surface area (Å²) in [5.74, 6) is 0.277. The van der Waals surface area contributed by atoms with Gasteiger partial charge in [-0.1, -0.05) is 32.4 Å². The maximum Gasteiger partial charge on any atom is 0.311 e. The van der Waals surface area contributed by atoms with Crippen LogP contribution in [0.25, 0.3) is 0 Å². The Labute approximate surface area is 205 Å². The molecule has 0 bridgehead atoms. The van der Waals surface area contributed by atoms with Gasteiger partial charge in [0.25, 0.3) is 5.91 Å². The molecule has 0 aromatic heterocycles. The van der Waals surface area contributed by atoms with Gasteiger partial charge in [-0.3, -0.25) is 19.7 Å². The van der Waals surface area contributed by atoms with Crippen LogP contribution in [-0.2, 0) is 16.1 Å². The lowest BCUT2D eigenvalue weighted by Crippen LogP contribution is -2.50. The van der Waals surface area contributed by atoms with Crippen LogP contribution in [0.5, 0.6) is 17.2 Å². The summed E-state index contributed by atoms with van der Waals surface area (Å²) in [4.78, 5) is 38.2. The molecule has 1 N–H and O–H groups in total. The standard InChI is InChI=1S/C25H33N3O7/c1-5-7-13-26-25(30)21(6-2)27(16-18-9-8-10-19(14-18)33-3)24(29)17-35-20-11-12-22(28(31)32)23(15-20)34-4/h8-12,14-15,21H,5-7,13,16-17H2,1-4H3,(H,26,30)/t21-/m1/s1. The van der Waals surface area contributed by atoms with Gasteiger partial charge in [-0.15, -0.1) is 0 Å². The normalized spacial score (nSPS) is 11.3. The lowest BCUT2D eigenvalue weighted by atomic mass is 10.1. The van der Waals surface area contributed by atoms with Crippen molar-refractivity contribution in [1.82, 2.24) is 10.2 Å². The Morgan fingerprint density at radius 1 is 1.09 bits per heavy atom. The molecule has 0 saturated carbocycles. The number of nitro benzene ring substituents is 1. The van der Waals surface area contributed by atoms with E-state index in [1.807, 2.05) is 32.0 Å². The van der Waals surface area contributed by atoms with Gasteiger partial charge < -0.3 is 24.4 Å². The first-order valence-corrected chi connectivity index (χ1v) is 11.5. The molecule has 0 heterocycles. The fourth-order valence-electron chi connectivity index (χ4n) is 3.52. The van der Waals surface area contributed by atoms with E-state index in [1.165, 1.54) is 30.2 Å². The third-order valence-corrected chi connectivity index (χ3v) is 5.41. The zero-order valence-electron chi connectivity index (χ0n) is 20.6. The van der Waals surface area contributed by atoms with Crippen molar-refractivity contribution >= 4 is 17.5 Å². The molecule has 35 heavy (non-hydrogen) atoms. The maximum atomic E-state index is 13.3. The molecule has 0 spiro atoms. The van der Waals surface area contributed by atoms with E-state index < -0.39 is 16.9 Å². The van der Waals surface area contributed by atoms with Crippen molar-refractivity contribution in [3.63, 3.8) is 0 Å². The van der Waals surface area contributed by atoms with Crippen molar-refractivity contribution in [3.05, 3.63) is 58.1 Å². The Kier molecular flexibility index (Phi) is 10.8. The molecule has 0 fully saturated rings. The number of amides is 2. The number of carbonyl (C=O) groups is 2. The minimum absolute atomic E-state index is 0.0231. The third-order valence-electron chi connectivity index (χ3n) is 5.41. The number of ether oxygens (including phenoxy) is 3. The molecule has 2 aromatic rings. The Morgan fingerprint density at radius 3 is 2.49 bits per heavy atom. The van der Waals surface area contributed by atoms with E-state index in [-0.39, 0.29) is 36.2 Å². The smallest absolute Gasteiger partial charge is 0.311 e. The van der Waals surface area contributed by atoms with Gasteiger partial charge in [0, 0.05) is 25.2 Å². The van der Waals surface area contributed by atoms with Gasteiger partial charge in [0.2, 0.25) is 11.7 Å². The second kappa shape index (κ2) is 13.8. The van der Waals surface area contributed by atoms with Crippen LogP contribution in [0.2, 0.25) is 0 Å². The highest BCUT2D eigenvalue weighted by Crippen LogP contribution is 2.30. The van der Waals surface area contributed by atoms with Crippen LogP contribution in [0.15, 0.2) is 42.5 Å². The number of rotatable bonds is 14. The highest BCUT2D eigenvalue weighted by atomic mass is 16.6. The molecule has 2 rings (SSSR count). The fourth-order valence-corrected chi connectivity index (χ4v) is 3.52. The molecule has 0 saturated heterocycles. The van der Waals surface area contributed by atoms with Crippen LogP contribution >= 0.6 is 0 Å². The minimum atomic E-state index is -0.694. The summed E-state index contributed by atoms with van der Waals surface area (Å²) >= 11 is 0. The van der Waals surface area contributed by atoms with E-state index in [2.05, 4.69) is 5.32 Å².